The third kappa shape index (κ3) is 6.72. The van der Waals surface area contributed by atoms with Gasteiger partial charge in [0.25, 0.3) is 5.69 Å². The smallest absolute Gasteiger partial charge is 0.434 e. The Bertz CT molecular complexity index is 1230. The van der Waals surface area contributed by atoms with Crippen LogP contribution in [-0.2, 0) is 28.2 Å². The van der Waals surface area contributed by atoms with Crippen LogP contribution in [0.2, 0.25) is 18.1 Å². The lowest BCUT2D eigenvalue weighted by Gasteiger charge is -2.49. The van der Waals surface area contributed by atoms with Gasteiger partial charge in [0.2, 0.25) is 5.91 Å². The number of hydrogen-bond acceptors (Lipinski definition) is 10. The van der Waals surface area contributed by atoms with Gasteiger partial charge in [0.05, 0.1) is 35.2 Å². The molecule has 42 heavy (non-hydrogen) atoms. The molecule has 2 aliphatic heterocycles. The standard InChI is InChI=1S/C29H40N2O10Si/c1-8-42(9-2,10-3)41-19(7)23-24-18(6)22(16-39-29(35)38-15-17(4)5)25(30(24)26(23)32)28(34)40-27(33)20-11-13-21(14-12-20)31(36)37/h11-14,17-19,23-24H,8-10,15-16H2,1-7H3/t18-,19+,23?,24?/m0/s1. The number of carbonyl (C=O) groups excluding carboxylic acids is 4. The van der Waals surface area contributed by atoms with E-state index in [2.05, 4.69) is 20.8 Å². The number of nitrogens with zero attached hydrogens (tertiary/aromatic N) is 2. The molecule has 2 heterocycles. The summed E-state index contributed by atoms with van der Waals surface area (Å²) in [4.78, 5) is 63.5. The van der Waals surface area contributed by atoms with Crippen molar-refractivity contribution in [3.63, 3.8) is 0 Å². The maximum Gasteiger partial charge on any atom is 0.508 e. The number of nitro groups is 1. The van der Waals surface area contributed by atoms with Gasteiger partial charge in [0.15, 0.2) is 8.32 Å². The molecule has 0 saturated carbocycles. The molecule has 0 spiro atoms. The van der Waals surface area contributed by atoms with Crippen molar-refractivity contribution in [2.45, 2.75) is 78.7 Å². The van der Waals surface area contributed by atoms with E-state index in [1.165, 1.54) is 17.0 Å². The van der Waals surface area contributed by atoms with Gasteiger partial charge in [-0.25, -0.2) is 14.4 Å². The zero-order chi connectivity index (χ0) is 31.4. The van der Waals surface area contributed by atoms with E-state index in [-0.39, 0.29) is 42.0 Å². The summed E-state index contributed by atoms with van der Waals surface area (Å²) in [5, 5.41) is 10.9. The average molecular weight is 605 g/mol. The van der Waals surface area contributed by atoms with Gasteiger partial charge in [0.1, 0.15) is 12.3 Å². The first kappa shape index (κ1) is 32.9. The molecule has 0 bridgehead atoms. The number of esters is 2. The van der Waals surface area contributed by atoms with Crippen molar-refractivity contribution in [2.24, 2.45) is 17.8 Å². The Kier molecular flexibility index (Phi) is 10.7. The lowest BCUT2D eigenvalue weighted by Crippen LogP contribution is -2.65. The van der Waals surface area contributed by atoms with Crippen LogP contribution >= 0.6 is 0 Å². The average Bonchev–Trinajstić information content (AvgIpc) is 3.21. The van der Waals surface area contributed by atoms with E-state index in [9.17, 15) is 29.3 Å². The van der Waals surface area contributed by atoms with E-state index in [0.717, 1.165) is 30.3 Å². The van der Waals surface area contributed by atoms with Crippen LogP contribution in [0.5, 0.6) is 0 Å². The third-order valence-electron chi connectivity index (χ3n) is 8.24. The molecule has 3 rings (SSSR count). The summed E-state index contributed by atoms with van der Waals surface area (Å²) in [6.07, 6.45) is -1.32. The first-order valence-corrected chi connectivity index (χ1v) is 16.9. The first-order chi connectivity index (χ1) is 19.8. The highest BCUT2D eigenvalue weighted by Crippen LogP contribution is 2.48. The highest BCUT2D eigenvalue weighted by atomic mass is 28.4. The van der Waals surface area contributed by atoms with Gasteiger partial charge in [-0.1, -0.05) is 41.5 Å². The minimum Gasteiger partial charge on any atom is -0.434 e. The van der Waals surface area contributed by atoms with Crippen molar-refractivity contribution >= 4 is 38.0 Å². The maximum atomic E-state index is 13.6. The number of non-ortho nitro benzene ring substituents is 1. The highest BCUT2D eigenvalue weighted by molar-refractivity contribution is 6.73. The Labute approximate surface area is 246 Å². The molecule has 1 amide bonds. The molecule has 2 aliphatic rings. The van der Waals surface area contributed by atoms with Crippen molar-refractivity contribution in [3.05, 3.63) is 51.2 Å². The van der Waals surface area contributed by atoms with Crippen LogP contribution in [0.3, 0.4) is 0 Å². The quantitative estimate of drug-likeness (QED) is 0.0731. The van der Waals surface area contributed by atoms with Crippen molar-refractivity contribution in [3.8, 4) is 0 Å². The molecule has 2 unspecified atom stereocenters. The minimum absolute atomic E-state index is 0.0814. The molecule has 4 atom stereocenters. The summed E-state index contributed by atoms with van der Waals surface area (Å²) < 4.78 is 22.1. The van der Waals surface area contributed by atoms with Crippen LogP contribution in [0.15, 0.2) is 35.5 Å². The van der Waals surface area contributed by atoms with E-state index in [1.54, 1.807) is 0 Å². The molecule has 0 aromatic heterocycles. The molecule has 1 saturated heterocycles. The van der Waals surface area contributed by atoms with E-state index in [0.29, 0.717) is 5.57 Å². The fraction of sp³-hybridized carbons (Fsp3) is 0.586. The molecule has 0 N–H and O–H groups in total. The summed E-state index contributed by atoms with van der Waals surface area (Å²) in [6, 6.07) is 6.86. The molecule has 1 fully saturated rings. The lowest BCUT2D eigenvalue weighted by atomic mass is 9.78. The molecule has 1 aromatic carbocycles. The minimum atomic E-state index is -2.04. The van der Waals surface area contributed by atoms with Crippen LogP contribution in [-0.4, -0.2) is 67.5 Å². The summed E-state index contributed by atoms with van der Waals surface area (Å²) in [6.45, 7) is 13.6. The largest absolute Gasteiger partial charge is 0.508 e. The molecule has 230 valence electrons. The topological polar surface area (TPSA) is 152 Å². The zero-order valence-electron chi connectivity index (χ0n) is 25.2. The second-order valence-corrected chi connectivity index (χ2v) is 15.9. The van der Waals surface area contributed by atoms with Gasteiger partial charge in [-0.3, -0.25) is 14.9 Å². The molecular formula is C29H40N2O10Si. The van der Waals surface area contributed by atoms with Crippen LogP contribution < -0.4 is 0 Å². The second-order valence-electron chi connectivity index (χ2n) is 11.2. The number of carbonyl (C=O) groups is 4. The predicted octanol–water partition coefficient (Wildman–Crippen LogP) is 5.23. The first-order valence-electron chi connectivity index (χ1n) is 14.3. The van der Waals surface area contributed by atoms with Crippen molar-refractivity contribution in [1.82, 2.24) is 4.90 Å². The van der Waals surface area contributed by atoms with Gasteiger partial charge < -0.3 is 23.5 Å². The number of nitro benzene ring substituents is 1. The molecule has 0 radical (unpaired) electrons. The van der Waals surface area contributed by atoms with Gasteiger partial charge in [-0.2, -0.15) is 0 Å². The fourth-order valence-corrected chi connectivity index (χ4v) is 8.54. The summed E-state index contributed by atoms with van der Waals surface area (Å²) in [7, 11) is -2.04. The molecular weight excluding hydrogens is 564 g/mol. The number of β-lactam (4-membered cyclic amide) rings is 1. The van der Waals surface area contributed by atoms with E-state index in [1.807, 2.05) is 27.7 Å². The van der Waals surface area contributed by atoms with Crippen molar-refractivity contribution in [2.75, 3.05) is 13.2 Å². The Morgan fingerprint density at radius 3 is 2.12 bits per heavy atom. The van der Waals surface area contributed by atoms with Gasteiger partial charge >= 0.3 is 18.1 Å². The van der Waals surface area contributed by atoms with Crippen molar-refractivity contribution < 1.29 is 42.7 Å². The van der Waals surface area contributed by atoms with Crippen LogP contribution in [0.1, 0.15) is 58.8 Å². The Morgan fingerprint density at radius 1 is 1.00 bits per heavy atom. The normalized spacial score (nSPS) is 20.6. The Hall–Kier alpha value is -3.58. The van der Waals surface area contributed by atoms with Gasteiger partial charge in [0, 0.05) is 23.6 Å². The predicted molar refractivity (Wildman–Crippen MR) is 154 cm³/mol. The number of amides is 1. The fourth-order valence-electron chi connectivity index (χ4n) is 5.60. The SMILES string of the molecule is CC[Si](CC)(CC)O[C@H](C)C1C(=O)N2C(C(=O)OC(=O)c3ccc([N+](=O)[O-])cc3)=C(COC(=O)OCC(C)C)[C@H](C)C12. The number of fused-ring (bicyclic) bond motifs is 1. The molecule has 0 aliphatic carbocycles. The van der Waals surface area contributed by atoms with E-state index >= 15 is 0 Å². The molecule has 12 nitrogen and oxygen atoms in total. The molecule has 13 heteroatoms. The van der Waals surface area contributed by atoms with Crippen LogP contribution in [0.4, 0.5) is 10.5 Å². The third-order valence-corrected chi connectivity index (χ3v) is 13.0. The number of benzene rings is 1. The summed E-state index contributed by atoms with van der Waals surface area (Å²) in [5.41, 5.74) is -0.136. The van der Waals surface area contributed by atoms with E-state index < -0.39 is 55.3 Å². The maximum absolute atomic E-state index is 13.6. The van der Waals surface area contributed by atoms with Crippen LogP contribution in [0.25, 0.3) is 0 Å². The van der Waals surface area contributed by atoms with Gasteiger partial charge in [-0.15, -0.1) is 0 Å². The number of ether oxygens (including phenoxy) is 3. The number of hydrogen-bond donors (Lipinski definition) is 0. The lowest BCUT2D eigenvalue weighted by molar-refractivity contribution is -0.384. The monoisotopic (exact) mass is 604 g/mol. The summed E-state index contributed by atoms with van der Waals surface area (Å²) in [5.74, 6) is -3.31. The Balaban J connectivity index is 1.87. The second kappa shape index (κ2) is 13.6. The Morgan fingerprint density at radius 2 is 1.60 bits per heavy atom. The highest BCUT2D eigenvalue weighted by Gasteiger charge is 2.61. The number of rotatable bonds is 13. The van der Waals surface area contributed by atoms with E-state index in [4.69, 9.17) is 18.6 Å². The van der Waals surface area contributed by atoms with Crippen LogP contribution in [0, 0.1) is 27.9 Å². The van der Waals surface area contributed by atoms with Crippen molar-refractivity contribution in [1.29, 1.82) is 0 Å². The zero-order valence-corrected chi connectivity index (χ0v) is 26.2. The summed E-state index contributed by atoms with van der Waals surface area (Å²) >= 11 is 0. The van der Waals surface area contributed by atoms with Gasteiger partial charge in [-0.05, 0) is 43.1 Å². The molecule has 1 aromatic rings.